The summed E-state index contributed by atoms with van der Waals surface area (Å²) < 4.78 is 3.12. The van der Waals surface area contributed by atoms with Gasteiger partial charge >= 0.3 is 0 Å². The van der Waals surface area contributed by atoms with Gasteiger partial charge in [0.1, 0.15) is 11.8 Å². The summed E-state index contributed by atoms with van der Waals surface area (Å²) in [6.45, 7) is 1.39. The molecule has 0 aliphatic carbocycles. The Hall–Kier alpha value is -3.01. The highest BCUT2D eigenvalue weighted by atomic mass is 35.5. The van der Waals surface area contributed by atoms with Crippen molar-refractivity contribution in [1.82, 2.24) is 29.3 Å². The van der Waals surface area contributed by atoms with Gasteiger partial charge in [-0.25, -0.2) is 4.52 Å². The molecule has 4 heterocycles. The van der Waals surface area contributed by atoms with Crippen LogP contribution in [0.2, 0.25) is 5.02 Å². The van der Waals surface area contributed by atoms with Crippen LogP contribution in [0.1, 0.15) is 16.3 Å². The number of amides is 1. The molecule has 3 aromatic rings. The molecule has 0 aromatic carbocycles. The Morgan fingerprint density at radius 1 is 1.33 bits per heavy atom. The highest BCUT2D eigenvalue weighted by Gasteiger charge is 2.26. The fourth-order valence-electron chi connectivity index (χ4n) is 2.70. The zero-order valence-electron chi connectivity index (χ0n) is 12.2. The van der Waals surface area contributed by atoms with Crippen LogP contribution in [0.4, 0.5) is 5.69 Å². The second-order valence-corrected chi connectivity index (χ2v) is 5.76. The van der Waals surface area contributed by atoms with Crippen molar-refractivity contribution in [2.24, 2.45) is 0 Å². The molecule has 0 N–H and O–H groups in total. The Morgan fingerprint density at radius 2 is 2.17 bits per heavy atom. The largest absolute Gasteiger partial charge is 0.328 e. The van der Waals surface area contributed by atoms with E-state index in [4.69, 9.17) is 11.6 Å². The summed E-state index contributed by atoms with van der Waals surface area (Å²) in [6, 6.07) is 2.63. The first-order valence-corrected chi connectivity index (χ1v) is 7.40. The van der Waals surface area contributed by atoms with Crippen LogP contribution >= 0.6 is 11.6 Å². The Balaban J connectivity index is 1.71. The van der Waals surface area contributed by atoms with Gasteiger partial charge in [0.25, 0.3) is 11.6 Å². The summed E-state index contributed by atoms with van der Waals surface area (Å²) in [5.74, 6) is 0.366. The van der Waals surface area contributed by atoms with E-state index in [-0.39, 0.29) is 27.8 Å². The van der Waals surface area contributed by atoms with Gasteiger partial charge < -0.3 is 9.47 Å². The van der Waals surface area contributed by atoms with E-state index in [1.54, 1.807) is 11.2 Å². The van der Waals surface area contributed by atoms with E-state index in [1.807, 2.05) is 4.57 Å². The Kier molecular flexibility index (Phi) is 3.20. The van der Waals surface area contributed by atoms with Crippen molar-refractivity contribution >= 4 is 28.7 Å². The summed E-state index contributed by atoms with van der Waals surface area (Å²) in [4.78, 5) is 24.8. The Bertz CT molecular complexity index is 979. The minimum Gasteiger partial charge on any atom is -0.328 e. The molecule has 1 amide bonds. The molecule has 4 rings (SSSR count). The second-order valence-electron chi connectivity index (χ2n) is 5.33. The van der Waals surface area contributed by atoms with Crippen molar-refractivity contribution in [3.05, 3.63) is 51.3 Å². The number of nitrogens with zero attached hydrogens (tertiary/aromatic N) is 7. The summed E-state index contributed by atoms with van der Waals surface area (Å²) in [5.41, 5.74) is 0.133. The number of carbonyl (C=O) groups is 1. The molecule has 0 saturated carbocycles. The highest BCUT2D eigenvalue weighted by Crippen LogP contribution is 2.25. The number of rotatable bonds is 2. The first-order chi connectivity index (χ1) is 11.5. The zero-order valence-corrected chi connectivity index (χ0v) is 12.9. The summed E-state index contributed by atoms with van der Waals surface area (Å²) >= 11 is 5.87. The minimum atomic E-state index is -0.555. The molecule has 0 unspecified atom stereocenters. The smallest absolute Gasteiger partial charge is 0.296 e. The molecular weight excluding hydrogens is 338 g/mol. The van der Waals surface area contributed by atoms with E-state index >= 15 is 0 Å². The van der Waals surface area contributed by atoms with Crippen molar-refractivity contribution in [3.63, 3.8) is 0 Å². The van der Waals surface area contributed by atoms with Crippen LogP contribution in [0.3, 0.4) is 0 Å². The molecule has 0 bridgehead atoms. The van der Waals surface area contributed by atoms with Gasteiger partial charge in [0.15, 0.2) is 11.5 Å². The molecule has 0 spiro atoms. The third-order valence-corrected chi connectivity index (χ3v) is 4.07. The molecule has 24 heavy (non-hydrogen) atoms. The van der Waals surface area contributed by atoms with E-state index < -0.39 is 4.92 Å². The molecule has 11 heteroatoms. The lowest BCUT2D eigenvalue weighted by atomic mass is 10.2. The fourth-order valence-corrected chi connectivity index (χ4v) is 2.89. The lowest BCUT2D eigenvalue weighted by Gasteiger charge is -2.26. The number of hydrogen-bond donors (Lipinski definition) is 0. The molecule has 1 aliphatic heterocycles. The van der Waals surface area contributed by atoms with E-state index in [1.165, 1.54) is 22.8 Å². The molecule has 0 saturated heterocycles. The van der Waals surface area contributed by atoms with Gasteiger partial charge in [-0.2, -0.15) is 5.10 Å². The predicted molar refractivity (Wildman–Crippen MR) is 81.6 cm³/mol. The lowest BCUT2D eigenvalue weighted by Crippen LogP contribution is -2.38. The standard InChI is InChI=1S/C13H10ClN7O3/c14-8-3-11(21(23)24)10-4-9(17-20(10)5-8)13(22)18-1-2-19-7-15-16-12(19)6-18/h3-5,7H,1-2,6H2. The molecule has 0 fully saturated rings. The first-order valence-electron chi connectivity index (χ1n) is 7.02. The van der Waals surface area contributed by atoms with Gasteiger partial charge in [-0.1, -0.05) is 11.6 Å². The van der Waals surface area contributed by atoms with Crippen LogP contribution in [-0.2, 0) is 13.1 Å². The lowest BCUT2D eigenvalue weighted by molar-refractivity contribution is -0.383. The number of fused-ring (bicyclic) bond motifs is 2. The second kappa shape index (κ2) is 5.27. The molecule has 3 aromatic heterocycles. The number of nitro groups is 1. The van der Waals surface area contributed by atoms with Gasteiger partial charge in [0.05, 0.1) is 16.5 Å². The molecular formula is C13H10ClN7O3. The quantitative estimate of drug-likeness (QED) is 0.507. The van der Waals surface area contributed by atoms with Crippen LogP contribution < -0.4 is 0 Å². The topological polar surface area (TPSA) is 111 Å². The summed E-state index contributed by atoms with van der Waals surface area (Å²) in [7, 11) is 0. The van der Waals surface area contributed by atoms with Gasteiger partial charge in [-0.15, -0.1) is 10.2 Å². The van der Waals surface area contributed by atoms with Gasteiger partial charge in [0.2, 0.25) is 0 Å². The van der Waals surface area contributed by atoms with Crippen LogP contribution in [0.5, 0.6) is 0 Å². The Labute approximate surface area is 139 Å². The molecule has 0 atom stereocenters. The van der Waals surface area contributed by atoms with E-state index in [9.17, 15) is 14.9 Å². The summed E-state index contributed by atoms with van der Waals surface area (Å²) in [5, 5.41) is 23.2. The third kappa shape index (κ3) is 2.27. The average Bonchev–Trinajstić information content (AvgIpc) is 3.18. The minimum absolute atomic E-state index is 0.119. The highest BCUT2D eigenvalue weighted by molar-refractivity contribution is 6.30. The van der Waals surface area contributed by atoms with Gasteiger partial charge in [-0.3, -0.25) is 14.9 Å². The van der Waals surface area contributed by atoms with E-state index in [0.29, 0.717) is 25.5 Å². The normalized spacial score (nSPS) is 14.0. The first kappa shape index (κ1) is 14.6. The van der Waals surface area contributed by atoms with Crippen LogP contribution in [0.25, 0.3) is 5.52 Å². The van der Waals surface area contributed by atoms with E-state index in [0.717, 1.165) is 0 Å². The van der Waals surface area contributed by atoms with Crippen molar-refractivity contribution in [3.8, 4) is 0 Å². The molecule has 122 valence electrons. The molecule has 1 aliphatic rings. The Morgan fingerprint density at radius 3 is 2.96 bits per heavy atom. The maximum absolute atomic E-state index is 12.7. The number of aromatic nitrogens is 5. The number of halogens is 1. The number of pyridine rings is 1. The van der Waals surface area contributed by atoms with Crippen LogP contribution in [0, 0.1) is 10.1 Å². The zero-order chi connectivity index (χ0) is 16.8. The number of hydrogen-bond acceptors (Lipinski definition) is 6. The monoisotopic (exact) mass is 347 g/mol. The fraction of sp³-hybridized carbons (Fsp3) is 0.231. The van der Waals surface area contributed by atoms with Crippen molar-refractivity contribution in [1.29, 1.82) is 0 Å². The van der Waals surface area contributed by atoms with Crippen molar-refractivity contribution < 1.29 is 9.72 Å². The maximum Gasteiger partial charge on any atom is 0.296 e. The van der Waals surface area contributed by atoms with Crippen LogP contribution in [-0.4, -0.2) is 46.7 Å². The van der Waals surface area contributed by atoms with Crippen LogP contribution in [0.15, 0.2) is 24.7 Å². The van der Waals surface area contributed by atoms with Crippen molar-refractivity contribution in [2.45, 2.75) is 13.1 Å². The third-order valence-electron chi connectivity index (χ3n) is 3.86. The maximum atomic E-state index is 12.7. The molecule has 0 radical (unpaired) electrons. The number of carbonyl (C=O) groups excluding carboxylic acids is 1. The van der Waals surface area contributed by atoms with Crippen molar-refractivity contribution in [2.75, 3.05) is 6.54 Å². The predicted octanol–water partition coefficient (Wildman–Crippen LogP) is 1.14. The van der Waals surface area contributed by atoms with E-state index in [2.05, 4.69) is 15.3 Å². The van der Waals surface area contributed by atoms with Gasteiger partial charge in [0, 0.05) is 31.4 Å². The van der Waals surface area contributed by atoms with Gasteiger partial charge in [-0.05, 0) is 0 Å². The molecule has 10 nitrogen and oxygen atoms in total. The average molecular weight is 348 g/mol. The SMILES string of the molecule is O=C(c1cc2c([N+](=O)[O-])cc(Cl)cn2n1)N1CCn2cnnc2C1. The summed E-state index contributed by atoms with van der Waals surface area (Å²) in [6.07, 6.45) is 3.04.